The summed E-state index contributed by atoms with van der Waals surface area (Å²) in [6.45, 7) is 12.0. The van der Waals surface area contributed by atoms with E-state index in [9.17, 15) is 0 Å². The largest absolute Gasteiger partial charge is 0.487 e. The van der Waals surface area contributed by atoms with Gasteiger partial charge in [-0.3, -0.25) is 0 Å². The molecule has 1 aromatic rings. The molecule has 5 heteroatoms. The minimum Gasteiger partial charge on any atom is -0.487 e. The molecular weight excluding hydrogens is 270 g/mol. The molecule has 0 aliphatic heterocycles. The molecule has 0 spiro atoms. The molecule has 1 aliphatic rings. The van der Waals surface area contributed by atoms with Crippen LogP contribution in [0.4, 0.5) is 10.8 Å². The van der Waals surface area contributed by atoms with Crippen molar-refractivity contribution in [1.29, 1.82) is 0 Å². The number of nitrogens with zero attached hydrogens (tertiary/aromatic N) is 1. The molecule has 1 saturated carbocycles. The molecule has 0 bridgehead atoms. The maximum atomic E-state index is 5.87. The van der Waals surface area contributed by atoms with Gasteiger partial charge in [0.05, 0.1) is 6.61 Å². The number of ether oxygens (including phenoxy) is 1. The molecule has 0 atom stereocenters. The summed E-state index contributed by atoms with van der Waals surface area (Å²) in [5.74, 6) is 1.22. The van der Waals surface area contributed by atoms with E-state index in [1.807, 2.05) is 6.92 Å². The van der Waals surface area contributed by atoms with Crippen molar-refractivity contribution in [2.45, 2.75) is 59.9 Å². The maximum absolute atomic E-state index is 5.87. The van der Waals surface area contributed by atoms with E-state index in [0.717, 1.165) is 10.8 Å². The zero-order valence-electron chi connectivity index (χ0n) is 13.2. The van der Waals surface area contributed by atoms with Crippen LogP contribution in [0, 0.1) is 10.8 Å². The van der Waals surface area contributed by atoms with Gasteiger partial charge in [0, 0.05) is 6.04 Å². The van der Waals surface area contributed by atoms with Gasteiger partial charge in [-0.05, 0) is 48.5 Å². The molecule has 2 rings (SSSR count). The first-order valence-corrected chi connectivity index (χ1v) is 8.14. The fourth-order valence-electron chi connectivity index (χ4n) is 3.80. The lowest BCUT2D eigenvalue weighted by atomic mass is 9.63. The van der Waals surface area contributed by atoms with Crippen LogP contribution in [0.3, 0.4) is 0 Å². The van der Waals surface area contributed by atoms with E-state index >= 15 is 0 Å². The van der Waals surface area contributed by atoms with Crippen LogP contribution >= 0.6 is 11.5 Å². The lowest BCUT2D eigenvalue weighted by molar-refractivity contribution is 0.105. The summed E-state index contributed by atoms with van der Waals surface area (Å²) in [5, 5.41) is 4.59. The van der Waals surface area contributed by atoms with E-state index in [2.05, 4.69) is 37.4 Å². The van der Waals surface area contributed by atoms with Crippen LogP contribution in [0.25, 0.3) is 0 Å². The predicted octanol–water partition coefficient (Wildman–Crippen LogP) is 4.14. The van der Waals surface area contributed by atoms with Gasteiger partial charge >= 0.3 is 0 Å². The average molecular weight is 297 g/mol. The van der Waals surface area contributed by atoms with E-state index in [1.165, 1.54) is 30.8 Å². The molecule has 114 valence electrons. The van der Waals surface area contributed by atoms with Gasteiger partial charge in [-0.1, -0.05) is 27.7 Å². The molecule has 3 N–H and O–H groups in total. The Labute approximate surface area is 126 Å². The van der Waals surface area contributed by atoms with Crippen LogP contribution in [0.15, 0.2) is 0 Å². The van der Waals surface area contributed by atoms with Crippen molar-refractivity contribution in [3.8, 4) is 5.75 Å². The van der Waals surface area contributed by atoms with Crippen molar-refractivity contribution in [2.24, 2.45) is 10.8 Å². The van der Waals surface area contributed by atoms with Gasteiger partial charge in [-0.25, -0.2) is 0 Å². The van der Waals surface area contributed by atoms with E-state index in [1.54, 1.807) is 0 Å². The third-order valence-electron chi connectivity index (χ3n) is 3.85. The van der Waals surface area contributed by atoms with Crippen molar-refractivity contribution in [1.82, 2.24) is 4.37 Å². The summed E-state index contributed by atoms with van der Waals surface area (Å²) in [6, 6.07) is 0.452. The van der Waals surface area contributed by atoms with Crippen LogP contribution in [-0.4, -0.2) is 17.0 Å². The second kappa shape index (κ2) is 5.43. The molecule has 20 heavy (non-hydrogen) atoms. The first kappa shape index (κ1) is 15.4. The summed E-state index contributed by atoms with van der Waals surface area (Å²) >= 11 is 1.40. The second-order valence-corrected chi connectivity index (χ2v) is 8.19. The van der Waals surface area contributed by atoms with Gasteiger partial charge in [0.1, 0.15) is 0 Å². The van der Waals surface area contributed by atoms with Crippen LogP contribution in [0.2, 0.25) is 0 Å². The molecule has 1 aromatic heterocycles. The number of hydrogen-bond donors (Lipinski definition) is 2. The highest BCUT2D eigenvalue weighted by molar-refractivity contribution is 7.11. The number of rotatable bonds is 4. The van der Waals surface area contributed by atoms with E-state index in [0.29, 0.717) is 29.3 Å². The molecule has 1 fully saturated rings. The lowest BCUT2D eigenvalue weighted by Gasteiger charge is -2.45. The first-order valence-electron chi connectivity index (χ1n) is 7.37. The Morgan fingerprint density at radius 1 is 1.30 bits per heavy atom. The van der Waals surface area contributed by atoms with Crippen molar-refractivity contribution in [2.75, 3.05) is 17.7 Å². The molecule has 1 heterocycles. The number of nitrogen functional groups attached to an aromatic ring is 1. The minimum absolute atomic E-state index is 0.363. The van der Waals surface area contributed by atoms with E-state index in [-0.39, 0.29) is 0 Å². The topological polar surface area (TPSA) is 60.2 Å². The molecular formula is C15H27N3OS. The number of nitrogens with two attached hydrogens (primary N) is 1. The first-order chi connectivity index (χ1) is 9.22. The fraction of sp³-hybridized carbons (Fsp3) is 0.800. The zero-order valence-corrected chi connectivity index (χ0v) is 14.1. The van der Waals surface area contributed by atoms with Gasteiger partial charge in [0.15, 0.2) is 16.6 Å². The van der Waals surface area contributed by atoms with E-state index in [4.69, 9.17) is 10.5 Å². The summed E-state index contributed by atoms with van der Waals surface area (Å²) in [6.07, 6.45) is 3.60. The Balaban J connectivity index is 2.13. The number of nitrogens with one attached hydrogen (secondary N) is 1. The summed E-state index contributed by atoms with van der Waals surface area (Å²) in [4.78, 5) is 0. The number of hydrogen-bond acceptors (Lipinski definition) is 5. The van der Waals surface area contributed by atoms with Gasteiger partial charge in [0.25, 0.3) is 0 Å². The lowest BCUT2D eigenvalue weighted by Crippen LogP contribution is -2.40. The molecule has 0 amide bonds. The highest BCUT2D eigenvalue weighted by Gasteiger charge is 2.38. The SMILES string of the molecule is CCOc1c(N)nsc1NC1CC(C)(C)CC(C)(C)C1. The highest BCUT2D eigenvalue weighted by atomic mass is 32.1. The summed E-state index contributed by atoms with van der Waals surface area (Å²) < 4.78 is 9.82. The van der Waals surface area contributed by atoms with Crippen LogP contribution in [-0.2, 0) is 0 Å². The third-order valence-corrected chi connectivity index (χ3v) is 4.63. The Bertz CT molecular complexity index is 452. The normalized spacial score (nSPS) is 21.6. The van der Waals surface area contributed by atoms with Crippen LogP contribution in [0.5, 0.6) is 5.75 Å². The zero-order chi connectivity index (χ0) is 15.0. The Morgan fingerprint density at radius 2 is 1.90 bits per heavy atom. The summed E-state index contributed by atoms with van der Waals surface area (Å²) in [7, 11) is 0. The van der Waals surface area contributed by atoms with Gasteiger partial charge in [0.2, 0.25) is 0 Å². The second-order valence-electron chi connectivity index (χ2n) is 7.41. The molecule has 1 aliphatic carbocycles. The third kappa shape index (κ3) is 3.57. The molecule has 0 aromatic carbocycles. The van der Waals surface area contributed by atoms with Crippen molar-refractivity contribution in [3.05, 3.63) is 0 Å². The Kier molecular flexibility index (Phi) is 4.19. The van der Waals surface area contributed by atoms with Gasteiger partial charge in [-0.2, -0.15) is 4.37 Å². The molecule has 0 radical (unpaired) electrons. The fourth-order valence-corrected chi connectivity index (χ4v) is 4.54. The molecule has 0 saturated heterocycles. The van der Waals surface area contributed by atoms with Crippen molar-refractivity contribution >= 4 is 22.4 Å². The monoisotopic (exact) mass is 297 g/mol. The van der Waals surface area contributed by atoms with Gasteiger partial charge in [-0.15, -0.1) is 0 Å². The van der Waals surface area contributed by atoms with Crippen LogP contribution < -0.4 is 15.8 Å². The van der Waals surface area contributed by atoms with Crippen LogP contribution in [0.1, 0.15) is 53.9 Å². The van der Waals surface area contributed by atoms with E-state index < -0.39 is 0 Å². The summed E-state index contributed by atoms with van der Waals surface area (Å²) in [5.41, 5.74) is 6.60. The molecule has 0 unspecified atom stereocenters. The smallest absolute Gasteiger partial charge is 0.197 e. The predicted molar refractivity (Wildman–Crippen MR) is 86.5 cm³/mol. The Morgan fingerprint density at radius 3 is 2.45 bits per heavy atom. The minimum atomic E-state index is 0.363. The van der Waals surface area contributed by atoms with Crippen molar-refractivity contribution < 1.29 is 4.74 Å². The maximum Gasteiger partial charge on any atom is 0.197 e. The highest BCUT2D eigenvalue weighted by Crippen LogP contribution is 2.47. The quantitative estimate of drug-likeness (QED) is 0.877. The molecule has 4 nitrogen and oxygen atoms in total. The Hall–Kier alpha value is -0.970. The average Bonchev–Trinajstić information content (AvgIpc) is 2.57. The standard InChI is InChI=1S/C15H27N3OS/c1-6-19-11-12(16)18-20-13(11)17-10-7-14(2,3)9-15(4,5)8-10/h10,17H,6-9H2,1-5H3,(H2,16,18). The van der Waals surface area contributed by atoms with Crippen molar-refractivity contribution in [3.63, 3.8) is 0 Å². The number of aromatic nitrogens is 1. The number of anilines is 2. The van der Waals surface area contributed by atoms with Gasteiger partial charge < -0.3 is 15.8 Å².